The fourth-order valence-electron chi connectivity index (χ4n) is 2.38. The third-order valence-electron chi connectivity index (χ3n) is 3.11. The van der Waals surface area contributed by atoms with Crippen LogP contribution < -0.4 is 5.73 Å². The number of benzene rings is 2. The molecule has 3 N–H and O–H groups in total. The topological polar surface area (TPSA) is 54.7 Å². The lowest BCUT2D eigenvalue weighted by Gasteiger charge is -1.98. The third kappa shape index (κ3) is 1.08. The van der Waals surface area contributed by atoms with E-state index in [9.17, 15) is 0 Å². The Hall–Kier alpha value is -2.07. The lowest BCUT2D eigenvalue weighted by atomic mass is 10.1. The highest BCUT2D eigenvalue weighted by molar-refractivity contribution is 7.16. The molecule has 2 aromatic heterocycles. The Balaban J connectivity index is 2.41. The van der Waals surface area contributed by atoms with E-state index in [-0.39, 0.29) is 0 Å². The maximum absolute atomic E-state index is 6.15. The fourth-order valence-corrected chi connectivity index (χ4v) is 3.11. The van der Waals surface area contributed by atoms with Crippen LogP contribution in [0.1, 0.15) is 0 Å². The zero-order valence-corrected chi connectivity index (χ0v) is 9.71. The SMILES string of the molecule is Nc1cc2scnc2c2[nH]c3ccccc3c12. The van der Waals surface area contributed by atoms with E-state index >= 15 is 0 Å². The molecule has 17 heavy (non-hydrogen) atoms. The van der Waals surface area contributed by atoms with E-state index in [1.54, 1.807) is 11.3 Å². The van der Waals surface area contributed by atoms with Gasteiger partial charge in [0.05, 0.1) is 15.7 Å². The Labute approximate surface area is 101 Å². The Morgan fingerprint density at radius 2 is 2.12 bits per heavy atom. The Morgan fingerprint density at radius 3 is 3.06 bits per heavy atom. The standard InChI is InChI=1S/C13H9N3S/c14-8-5-10-12(15-6-17-10)13-11(8)7-3-1-2-4-9(7)16-13/h1-6,16H,14H2. The molecule has 4 aromatic rings. The van der Waals surface area contributed by atoms with E-state index in [0.717, 1.165) is 37.7 Å². The molecule has 4 rings (SSSR count). The smallest absolute Gasteiger partial charge is 0.105 e. The van der Waals surface area contributed by atoms with Gasteiger partial charge in [0.15, 0.2) is 0 Å². The molecule has 4 heteroatoms. The van der Waals surface area contributed by atoms with Crippen molar-refractivity contribution in [3.63, 3.8) is 0 Å². The lowest BCUT2D eigenvalue weighted by molar-refractivity contribution is 1.48. The first-order valence-electron chi connectivity index (χ1n) is 5.37. The molecule has 0 amide bonds. The fraction of sp³-hybridized carbons (Fsp3) is 0. The van der Waals surface area contributed by atoms with Crippen molar-refractivity contribution >= 4 is 49.0 Å². The summed E-state index contributed by atoms with van der Waals surface area (Å²) >= 11 is 1.62. The van der Waals surface area contributed by atoms with E-state index in [4.69, 9.17) is 5.73 Å². The van der Waals surface area contributed by atoms with Crippen LogP contribution in [-0.2, 0) is 0 Å². The first-order valence-corrected chi connectivity index (χ1v) is 6.24. The number of anilines is 1. The number of rotatable bonds is 0. The van der Waals surface area contributed by atoms with E-state index in [2.05, 4.69) is 22.1 Å². The number of nitrogens with one attached hydrogen (secondary N) is 1. The van der Waals surface area contributed by atoms with Crippen LogP contribution in [0.5, 0.6) is 0 Å². The van der Waals surface area contributed by atoms with E-state index in [0.29, 0.717) is 0 Å². The van der Waals surface area contributed by atoms with E-state index < -0.39 is 0 Å². The summed E-state index contributed by atoms with van der Waals surface area (Å²) in [7, 11) is 0. The van der Waals surface area contributed by atoms with Gasteiger partial charge in [0.25, 0.3) is 0 Å². The number of thiazole rings is 1. The maximum Gasteiger partial charge on any atom is 0.105 e. The van der Waals surface area contributed by atoms with E-state index in [1.807, 2.05) is 23.7 Å². The van der Waals surface area contributed by atoms with Crippen LogP contribution in [0.3, 0.4) is 0 Å². The average Bonchev–Trinajstić information content (AvgIpc) is 2.91. The summed E-state index contributed by atoms with van der Waals surface area (Å²) in [4.78, 5) is 7.83. The van der Waals surface area contributed by atoms with Gasteiger partial charge in [0, 0.05) is 22.0 Å². The summed E-state index contributed by atoms with van der Waals surface area (Å²) in [5.41, 5.74) is 12.0. The summed E-state index contributed by atoms with van der Waals surface area (Å²) < 4.78 is 1.13. The van der Waals surface area contributed by atoms with Gasteiger partial charge in [0.2, 0.25) is 0 Å². The first kappa shape index (κ1) is 9.01. The molecule has 0 bridgehead atoms. The normalized spacial score (nSPS) is 11.8. The molecule has 0 aliphatic heterocycles. The van der Waals surface area contributed by atoms with Crippen molar-refractivity contribution in [3.05, 3.63) is 35.8 Å². The lowest BCUT2D eigenvalue weighted by Crippen LogP contribution is -1.85. The van der Waals surface area contributed by atoms with Gasteiger partial charge >= 0.3 is 0 Å². The minimum absolute atomic E-state index is 0.814. The molecular formula is C13H9N3S. The van der Waals surface area contributed by atoms with Crippen molar-refractivity contribution in [2.45, 2.75) is 0 Å². The molecule has 0 aliphatic carbocycles. The number of nitrogens with two attached hydrogens (primary N) is 1. The molecular weight excluding hydrogens is 230 g/mol. The van der Waals surface area contributed by atoms with Crippen molar-refractivity contribution in [2.75, 3.05) is 5.73 Å². The number of fused-ring (bicyclic) bond motifs is 5. The predicted octanol–water partition coefficient (Wildman–Crippen LogP) is 3.51. The van der Waals surface area contributed by atoms with Gasteiger partial charge in [-0.05, 0) is 12.1 Å². The van der Waals surface area contributed by atoms with E-state index in [1.165, 1.54) is 0 Å². The summed E-state index contributed by atoms with van der Waals surface area (Å²) in [5, 5.41) is 2.24. The Morgan fingerprint density at radius 1 is 1.24 bits per heavy atom. The van der Waals surface area contributed by atoms with Crippen LogP contribution in [0.2, 0.25) is 0 Å². The minimum atomic E-state index is 0.814. The molecule has 0 atom stereocenters. The highest BCUT2D eigenvalue weighted by atomic mass is 32.1. The second-order valence-corrected chi connectivity index (χ2v) is 4.97. The van der Waals surface area contributed by atoms with Crippen molar-refractivity contribution in [3.8, 4) is 0 Å². The molecule has 82 valence electrons. The molecule has 0 radical (unpaired) electrons. The van der Waals surface area contributed by atoms with Crippen LogP contribution in [-0.4, -0.2) is 9.97 Å². The third-order valence-corrected chi connectivity index (χ3v) is 3.89. The molecule has 0 aliphatic rings. The van der Waals surface area contributed by atoms with Gasteiger partial charge in [-0.15, -0.1) is 11.3 Å². The highest BCUT2D eigenvalue weighted by Gasteiger charge is 2.12. The molecule has 3 nitrogen and oxygen atoms in total. The largest absolute Gasteiger partial charge is 0.398 e. The van der Waals surface area contributed by atoms with Gasteiger partial charge in [-0.3, -0.25) is 0 Å². The van der Waals surface area contributed by atoms with Gasteiger partial charge in [-0.25, -0.2) is 4.98 Å². The van der Waals surface area contributed by atoms with Gasteiger partial charge in [0.1, 0.15) is 5.52 Å². The number of nitrogen functional groups attached to an aromatic ring is 1. The van der Waals surface area contributed by atoms with Gasteiger partial charge < -0.3 is 10.7 Å². The number of hydrogen-bond donors (Lipinski definition) is 2. The van der Waals surface area contributed by atoms with Crippen molar-refractivity contribution in [2.24, 2.45) is 0 Å². The Kier molecular flexibility index (Phi) is 1.58. The summed E-state index contributed by atoms with van der Waals surface area (Å²) in [6.45, 7) is 0. The zero-order chi connectivity index (χ0) is 11.4. The molecule has 0 unspecified atom stereocenters. The van der Waals surface area contributed by atoms with Crippen molar-refractivity contribution < 1.29 is 0 Å². The molecule has 0 fully saturated rings. The van der Waals surface area contributed by atoms with Gasteiger partial charge in [-0.2, -0.15) is 0 Å². The number of aromatic amines is 1. The monoisotopic (exact) mass is 239 g/mol. The van der Waals surface area contributed by atoms with Crippen LogP contribution in [0.25, 0.3) is 32.0 Å². The number of para-hydroxylation sites is 1. The quantitative estimate of drug-likeness (QED) is 0.461. The van der Waals surface area contributed by atoms with Crippen LogP contribution in [0.15, 0.2) is 35.8 Å². The predicted molar refractivity (Wildman–Crippen MR) is 73.4 cm³/mol. The molecule has 2 heterocycles. The van der Waals surface area contributed by atoms with Crippen molar-refractivity contribution in [1.82, 2.24) is 9.97 Å². The highest BCUT2D eigenvalue weighted by Crippen LogP contribution is 2.36. The van der Waals surface area contributed by atoms with Crippen LogP contribution in [0.4, 0.5) is 5.69 Å². The molecule has 2 aromatic carbocycles. The number of hydrogen-bond acceptors (Lipinski definition) is 3. The maximum atomic E-state index is 6.15. The first-order chi connectivity index (χ1) is 8.34. The molecule has 0 saturated heterocycles. The minimum Gasteiger partial charge on any atom is -0.398 e. The number of aromatic nitrogens is 2. The average molecular weight is 239 g/mol. The number of H-pyrrole nitrogens is 1. The van der Waals surface area contributed by atoms with Crippen LogP contribution >= 0.6 is 11.3 Å². The van der Waals surface area contributed by atoms with Crippen LogP contribution in [0, 0.1) is 0 Å². The molecule has 0 saturated carbocycles. The zero-order valence-electron chi connectivity index (χ0n) is 8.90. The number of nitrogens with zero attached hydrogens (tertiary/aromatic N) is 1. The summed E-state index contributed by atoms with van der Waals surface area (Å²) in [6, 6.07) is 10.2. The summed E-state index contributed by atoms with van der Waals surface area (Å²) in [6.07, 6.45) is 0. The summed E-state index contributed by atoms with van der Waals surface area (Å²) in [5.74, 6) is 0. The van der Waals surface area contributed by atoms with Crippen molar-refractivity contribution in [1.29, 1.82) is 0 Å². The Bertz CT molecular complexity index is 857. The molecule has 0 spiro atoms. The second-order valence-electron chi connectivity index (χ2n) is 4.09. The second kappa shape index (κ2) is 2.99. The van der Waals surface area contributed by atoms with Gasteiger partial charge in [-0.1, -0.05) is 18.2 Å².